The van der Waals surface area contributed by atoms with Crippen LogP contribution in [0.25, 0.3) is 0 Å². The number of nitrogens with two attached hydrogens (primary N) is 1. The van der Waals surface area contributed by atoms with E-state index in [4.69, 9.17) is 5.73 Å². The Morgan fingerprint density at radius 1 is 2.00 bits per heavy atom. The van der Waals surface area contributed by atoms with E-state index in [2.05, 4.69) is 33.9 Å². The molecule has 7 heavy (non-hydrogen) atoms. The zero-order valence-electron chi connectivity index (χ0n) is 4.28. The lowest BCUT2D eigenvalue weighted by Gasteiger charge is -1.61. The van der Waals surface area contributed by atoms with Crippen molar-refractivity contribution in [1.29, 1.82) is 0 Å². The fraction of sp³-hybridized carbons (Fsp3) is 0.667. The molecule has 44 valence electrons. The molecule has 0 unspecified atom stereocenters. The van der Waals surface area contributed by atoms with Gasteiger partial charge in [0.05, 0.1) is 0 Å². The molecule has 5 N–H and O–H groups in total. The molecule has 2 nitrogen and oxygen atoms in total. The van der Waals surface area contributed by atoms with Gasteiger partial charge in [-0.3, -0.25) is 0 Å². The van der Waals surface area contributed by atoms with Crippen LogP contribution in [0.1, 0.15) is 6.92 Å². The molecule has 0 aromatic heterocycles. The van der Waals surface area contributed by atoms with Crippen LogP contribution in [-0.2, 0) is 0 Å². The molecule has 0 fully saturated rings. The molecule has 0 saturated carbocycles. The number of alkyl halides is 1. The van der Waals surface area contributed by atoms with Crippen molar-refractivity contribution in [1.82, 2.24) is 0 Å². The summed E-state index contributed by atoms with van der Waals surface area (Å²) in [5.41, 5.74) is 7.88. The largest absolute Gasteiger partial charge is 0.345 e. The minimum Gasteiger partial charge on any atom is -0.345 e. The number of thiocarbonyl (C=S) groups is 1. The maximum Gasteiger partial charge on any atom is 0.262 e. The molecule has 0 rings (SSSR count). The molecule has 0 aromatic carbocycles. The first-order valence-electron chi connectivity index (χ1n) is 1.82. The monoisotopic (exact) mass is 185 g/mol. The number of halogens is 1. The van der Waals surface area contributed by atoms with Crippen LogP contribution in [0.5, 0.6) is 0 Å². The average Bonchev–Trinajstić information content (AvgIpc) is 1.33. The SMILES string of the molecule is CCBr.NC([NH3+])=S. The summed E-state index contributed by atoms with van der Waals surface area (Å²) in [6.07, 6.45) is 0. The van der Waals surface area contributed by atoms with Crippen molar-refractivity contribution in [2.45, 2.75) is 6.92 Å². The summed E-state index contributed by atoms with van der Waals surface area (Å²) >= 11 is 7.35. The summed E-state index contributed by atoms with van der Waals surface area (Å²) in [5, 5.41) is 1.31. The topological polar surface area (TPSA) is 53.7 Å². The molecule has 0 aliphatic rings. The number of quaternary nitrogens is 1. The Morgan fingerprint density at radius 3 is 2.00 bits per heavy atom. The summed E-state index contributed by atoms with van der Waals surface area (Å²) in [6.45, 7) is 2.04. The molecule has 0 amide bonds. The molecule has 0 aliphatic carbocycles. The van der Waals surface area contributed by atoms with E-state index in [9.17, 15) is 0 Å². The van der Waals surface area contributed by atoms with E-state index in [1.807, 2.05) is 6.92 Å². The summed E-state index contributed by atoms with van der Waals surface area (Å²) in [4.78, 5) is 0. The molecular weight excluding hydrogens is 176 g/mol. The van der Waals surface area contributed by atoms with E-state index in [-0.39, 0.29) is 5.11 Å². The minimum atomic E-state index is 0.250. The van der Waals surface area contributed by atoms with Gasteiger partial charge in [0.1, 0.15) is 0 Å². The summed E-state index contributed by atoms with van der Waals surface area (Å²) in [5.74, 6) is 0. The summed E-state index contributed by atoms with van der Waals surface area (Å²) in [7, 11) is 0. The van der Waals surface area contributed by atoms with E-state index >= 15 is 0 Å². The van der Waals surface area contributed by atoms with E-state index in [0.717, 1.165) is 5.33 Å². The Kier molecular flexibility index (Phi) is 14.2. The second-order valence-electron chi connectivity index (χ2n) is 0.734. The highest BCUT2D eigenvalue weighted by Gasteiger charge is 1.61. The van der Waals surface area contributed by atoms with Crippen molar-refractivity contribution >= 4 is 33.3 Å². The van der Waals surface area contributed by atoms with Crippen molar-refractivity contribution in [2.75, 3.05) is 5.33 Å². The lowest BCUT2D eigenvalue weighted by atomic mass is 11.0. The zero-order valence-corrected chi connectivity index (χ0v) is 6.68. The lowest BCUT2D eigenvalue weighted by molar-refractivity contribution is -0.210. The van der Waals surface area contributed by atoms with Gasteiger partial charge in [0.25, 0.3) is 5.11 Å². The van der Waals surface area contributed by atoms with Crippen LogP contribution in [0.3, 0.4) is 0 Å². The maximum atomic E-state index is 4.73. The highest BCUT2D eigenvalue weighted by molar-refractivity contribution is 9.09. The normalized spacial score (nSPS) is 6.14. The van der Waals surface area contributed by atoms with Crippen molar-refractivity contribution in [3.05, 3.63) is 0 Å². The predicted octanol–water partition coefficient (Wildman–Crippen LogP) is -0.127. The van der Waals surface area contributed by atoms with Crippen LogP contribution < -0.4 is 11.5 Å². The number of rotatable bonds is 0. The Bertz CT molecular complexity index is 44.2. The Labute approximate surface area is 57.4 Å². The van der Waals surface area contributed by atoms with E-state index in [0.29, 0.717) is 0 Å². The van der Waals surface area contributed by atoms with Gasteiger partial charge in [-0.2, -0.15) is 0 Å². The van der Waals surface area contributed by atoms with Gasteiger partial charge >= 0.3 is 0 Å². The third-order valence-corrected chi connectivity index (χ3v) is 0. The van der Waals surface area contributed by atoms with Crippen LogP contribution in [0.15, 0.2) is 0 Å². The summed E-state index contributed by atoms with van der Waals surface area (Å²) < 4.78 is 0. The zero-order chi connectivity index (χ0) is 6.28. The van der Waals surface area contributed by atoms with Crippen molar-refractivity contribution in [3.63, 3.8) is 0 Å². The predicted molar refractivity (Wildman–Crippen MR) is 39.1 cm³/mol. The van der Waals surface area contributed by atoms with E-state index < -0.39 is 0 Å². The lowest BCUT2D eigenvalue weighted by Crippen LogP contribution is -2.60. The van der Waals surface area contributed by atoms with Gasteiger partial charge in [-0.25, -0.2) is 0 Å². The molecule has 0 heterocycles. The van der Waals surface area contributed by atoms with Crippen molar-refractivity contribution in [2.24, 2.45) is 5.73 Å². The third kappa shape index (κ3) is 1090. The first-order valence-corrected chi connectivity index (χ1v) is 3.35. The van der Waals surface area contributed by atoms with Crippen molar-refractivity contribution in [3.8, 4) is 0 Å². The standard InChI is InChI=1S/C2H5Br.CH4N2S/c1-2-3;2-1(3)4/h2H2,1H3;(H4,2,3,4)/p+1. The molecule has 0 atom stereocenters. The highest BCUT2D eigenvalue weighted by Crippen LogP contribution is 1.67. The molecule has 0 saturated heterocycles. The highest BCUT2D eigenvalue weighted by atomic mass is 79.9. The second-order valence-corrected chi connectivity index (χ2v) is 2.38. The Morgan fingerprint density at radius 2 is 2.00 bits per heavy atom. The fourth-order valence-electron chi connectivity index (χ4n) is 0. The van der Waals surface area contributed by atoms with Gasteiger partial charge in [0, 0.05) is 17.5 Å². The van der Waals surface area contributed by atoms with Gasteiger partial charge < -0.3 is 11.5 Å². The third-order valence-electron chi connectivity index (χ3n) is 0. The van der Waals surface area contributed by atoms with Crippen LogP contribution >= 0.6 is 28.1 Å². The molecule has 0 spiro atoms. The van der Waals surface area contributed by atoms with Gasteiger partial charge in [-0.15, -0.1) is 0 Å². The first-order chi connectivity index (χ1) is 3.15. The van der Waals surface area contributed by atoms with E-state index in [1.165, 1.54) is 0 Å². The molecule has 0 aliphatic heterocycles. The van der Waals surface area contributed by atoms with Crippen LogP contribution in [-0.4, -0.2) is 10.4 Å². The van der Waals surface area contributed by atoms with Gasteiger partial charge in [-0.1, -0.05) is 22.9 Å². The average molecular weight is 186 g/mol. The van der Waals surface area contributed by atoms with E-state index in [1.54, 1.807) is 0 Å². The quantitative estimate of drug-likeness (QED) is 0.409. The van der Waals surface area contributed by atoms with Crippen LogP contribution in [0.4, 0.5) is 0 Å². The minimum absolute atomic E-state index is 0.250. The van der Waals surface area contributed by atoms with Gasteiger partial charge in [-0.05, 0) is 0 Å². The number of hydrogen-bond donors (Lipinski definition) is 2. The van der Waals surface area contributed by atoms with Crippen molar-refractivity contribution < 1.29 is 5.73 Å². The molecular formula is C3H10BrN2S+. The Hall–Kier alpha value is 0.330. The van der Waals surface area contributed by atoms with Gasteiger partial charge in [0.2, 0.25) is 0 Å². The molecule has 0 bridgehead atoms. The smallest absolute Gasteiger partial charge is 0.262 e. The second kappa shape index (κ2) is 9.59. The number of hydrogen-bond acceptors (Lipinski definition) is 1. The van der Waals surface area contributed by atoms with Crippen LogP contribution in [0.2, 0.25) is 0 Å². The first kappa shape index (κ1) is 10.3. The molecule has 4 heteroatoms. The van der Waals surface area contributed by atoms with Crippen LogP contribution in [0, 0.1) is 0 Å². The summed E-state index contributed by atoms with van der Waals surface area (Å²) in [6, 6.07) is 0. The maximum absolute atomic E-state index is 4.73. The molecule has 0 aromatic rings. The fourth-order valence-corrected chi connectivity index (χ4v) is 0. The Balaban J connectivity index is 0. The van der Waals surface area contributed by atoms with Gasteiger partial charge in [0.15, 0.2) is 0 Å². The molecule has 0 radical (unpaired) electrons.